The fraction of sp³-hybridized carbons (Fsp3) is 0.211. The number of aromatic amines is 1. The van der Waals surface area contributed by atoms with Crippen LogP contribution >= 0.6 is 0 Å². The lowest BCUT2D eigenvalue weighted by Gasteiger charge is -2.41. The van der Waals surface area contributed by atoms with Crippen LogP contribution < -0.4 is 20.3 Å². The van der Waals surface area contributed by atoms with E-state index in [1.54, 1.807) is 13.3 Å². The minimum Gasteiger partial charge on any atom is -0.495 e. The van der Waals surface area contributed by atoms with E-state index in [0.717, 1.165) is 28.5 Å². The highest BCUT2D eigenvalue weighted by Gasteiger charge is 2.32. The number of H-pyrrole nitrogens is 1. The van der Waals surface area contributed by atoms with Crippen molar-refractivity contribution in [3.8, 4) is 5.75 Å². The topological polar surface area (TPSA) is 70.4 Å². The molecule has 1 atom stereocenters. The summed E-state index contributed by atoms with van der Waals surface area (Å²) < 4.78 is 5.55. The van der Waals surface area contributed by atoms with E-state index in [1.807, 2.05) is 24.3 Å². The Hall–Kier alpha value is -2.99. The molecule has 0 aliphatic carbocycles. The molecule has 6 nitrogen and oxygen atoms in total. The standard InChI is InChI=1S/C19H21N5O/c1-13-7-9-14(10-8-13)23-12-24(16-5-3-4-6-17(16)25-2)19-15(18(23)20)11-21-22-19/h3-11,18H,12,20H2,1-2H3,(H,21,22). The van der Waals surface area contributed by atoms with Gasteiger partial charge >= 0.3 is 0 Å². The van der Waals surface area contributed by atoms with Crippen LogP contribution in [0.3, 0.4) is 0 Å². The van der Waals surface area contributed by atoms with E-state index in [1.165, 1.54) is 5.56 Å². The number of aryl methyl sites for hydroxylation is 1. The van der Waals surface area contributed by atoms with Gasteiger partial charge in [-0.25, -0.2) is 0 Å². The third-order valence-corrected chi connectivity index (χ3v) is 4.61. The lowest BCUT2D eigenvalue weighted by atomic mass is 10.1. The van der Waals surface area contributed by atoms with Gasteiger partial charge in [0.2, 0.25) is 0 Å². The predicted molar refractivity (Wildman–Crippen MR) is 99.2 cm³/mol. The van der Waals surface area contributed by atoms with Gasteiger partial charge in [0.1, 0.15) is 17.7 Å². The number of benzene rings is 2. The van der Waals surface area contributed by atoms with Crippen LogP contribution in [-0.4, -0.2) is 24.0 Å². The van der Waals surface area contributed by atoms with Crippen LogP contribution in [0.4, 0.5) is 17.2 Å². The van der Waals surface area contributed by atoms with Gasteiger partial charge in [-0.3, -0.25) is 5.10 Å². The maximum atomic E-state index is 6.52. The van der Waals surface area contributed by atoms with Gasteiger partial charge in [0.05, 0.1) is 31.2 Å². The fourth-order valence-electron chi connectivity index (χ4n) is 3.23. The minimum absolute atomic E-state index is 0.262. The molecule has 0 spiro atoms. The molecule has 0 fully saturated rings. The van der Waals surface area contributed by atoms with Crippen LogP contribution in [0.5, 0.6) is 5.75 Å². The molecule has 0 saturated carbocycles. The van der Waals surface area contributed by atoms with Gasteiger partial charge < -0.3 is 20.3 Å². The second-order valence-corrected chi connectivity index (χ2v) is 6.17. The van der Waals surface area contributed by atoms with Crippen molar-refractivity contribution >= 4 is 17.2 Å². The number of nitrogens with two attached hydrogens (primary N) is 1. The Morgan fingerprint density at radius 1 is 1.16 bits per heavy atom. The van der Waals surface area contributed by atoms with Crippen molar-refractivity contribution in [3.63, 3.8) is 0 Å². The Labute approximate surface area is 146 Å². The number of nitrogens with zero attached hydrogens (tertiary/aromatic N) is 3. The molecule has 1 unspecified atom stereocenters. The van der Waals surface area contributed by atoms with E-state index in [-0.39, 0.29) is 6.17 Å². The number of ether oxygens (including phenoxy) is 1. The van der Waals surface area contributed by atoms with E-state index in [4.69, 9.17) is 10.5 Å². The predicted octanol–water partition coefficient (Wildman–Crippen LogP) is 3.30. The molecule has 25 heavy (non-hydrogen) atoms. The monoisotopic (exact) mass is 335 g/mol. The number of methoxy groups -OCH3 is 1. The van der Waals surface area contributed by atoms with Crippen molar-refractivity contribution in [2.24, 2.45) is 5.73 Å². The van der Waals surface area contributed by atoms with Gasteiger partial charge in [-0.1, -0.05) is 29.8 Å². The van der Waals surface area contributed by atoms with E-state index >= 15 is 0 Å². The van der Waals surface area contributed by atoms with E-state index in [0.29, 0.717) is 6.67 Å². The molecule has 1 aliphatic heterocycles. The van der Waals surface area contributed by atoms with E-state index in [2.05, 4.69) is 51.2 Å². The number of rotatable bonds is 3. The van der Waals surface area contributed by atoms with Crippen LogP contribution in [-0.2, 0) is 0 Å². The number of hydrogen-bond acceptors (Lipinski definition) is 5. The molecule has 3 N–H and O–H groups in total. The summed E-state index contributed by atoms with van der Waals surface area (Å²) in [5.74, 6) is 1.71. The van der Waals surface area contributed by atoms with E-state index < -0.39 is 0 Å². The average Bonchev–Trinajstić information content (AvgIpc) is 3.13. The molecule has 0 amide bonds. The first kappa shape index (κ1) is 15.5. The fourth-order valence-corrected chi connectivity index (χ4v) is 3.23. The highest BCUT2D eigenvalue weighted by Crippen LogP contribution is 2.41. The van der Waals surface area contributed by atoms with Crippen molar-refractivity contribution in [3.05, 3.63) is 65.9 Å². The number of para-hydroxylation sites is 2. The summed E-state index contributed by atoms with van der Waals surface area (Å²) in [6, 6.07) is 16.3. The zero-order chi connectivity index (χ0) is 17.4. The molecule has 2 heterocycles. The van der Waals surface area contributed by atoms with Gasteiger partial charge in [-0.2, -0.15) is 5.10 Å². The molecule has 128 valence electrons. The van der Waals surface area contributed by atoms with Gasteiger partial charge in [-0.05, 0) is 31.2 Å². The zero-order valence-corrected chi connectivity index (χ0v) is 14.3. The SMILES string of the molecule is COc1ccccc1N1CN(c2ccc(C)cc2)C(N)c2cn[nH]c21. The maximum Gasteiger partial charge on any atom is 0.142 e. The lowest BCUT2D eigenvalue weighted by Crippen LogP contribution is -2.46. The molecule has 0 saturated heterocycles. The number of aromatic nitrogens is 2. The first-order chi connectivity index (χ1) is 12.2. The van der Waals surface area contributed by atoms with Crippen molar-refractivity contribution < 1.29 is 4.74 Å². The molecular formula is C19H21N5O. The highest BCUT2D eigenvalue weighted by atomic mass is 16.5. The summed E-state index contributed by atoms with van der Waals surface area (Å²) in [6.45, 7) is 2.68. The third-order valence-electron chi connectivity index (χ3n) is 4.61. The minimum atomic E-state index is -0.262. The van der Waals surface area contributed by atoms with Crippen LogP contribution in [0.25, 0.3) is 0 Å². The van der Waals surface area contributed by atoms with Crippen molar-refractivity contribution in [1.29, 1.82) is 0 Å². The number of hydrogen-bond donors (Lipinski definition) is 2. The second-order valence-electron chi connectivity index (χ2n) is 6.17. The number of anilines is 3. The first-order valence-electron chi connectivity index (χ1n) is 8.22. The molecule has 0 radical (unpaired) electrons. The molecule has 2 aromatic carbocycles. The van der Waals surface area contributed by atoms with Crippen LogP contribution in [0.15, 0.2) is 54.7 Å². The summed E-state index contributed by atoms with van der Waals surface area (Å²) in [5, 5.41) is 7.30. The normalized spacial score (nSPS) is 16.7. The quantitative estimate of drug-likeness (QED) is 0.768. The lowest BCUT2D eigenvalue weighted by molar-refractivity contribution is 0.414. The Morgan fingerprint density at radius 2 is 1.92 bits per heavy atom. The Kier molecular flexibility index (Phi) is 3.82. The number of fused-ring (bicyclic) bond motifs is 1. The number of nitrogens with one attached hydrogen (secondary N) is 1. The molecule has 0 bridgehead atoms. The van der Waals surface area contributed by atoms with E-state index in [9.17, 15) is 0 Å². The Morgan fingerprint density at radius 3 is 2.68 bits per heavy atom. The molecule has 1 aliphatic rings. The summed E-state index contributed by atoms with van der Waals surface area (Å²) in [5.41, 5.74) is 10.7. The Balaban J connectivity index is 1.80. The molecule has 3 aromatic rings. The van der Waals surface area contributed by atoms with Gasteiger partial charge in [0.25, 0.3) is 0 Å². The second kappa shape index (κ2) is 6.14. The maximum absolute atomic E-state index is 6.52. The van der Waals surface area contributed by atoms with Gasteiger partial charge in [0, 0.05) is 5.69 Å². The van der Waals surface area contributed by atoms with Crippen molar-refractivity contribution in [2.45, 2.75) is 13.1 Å². The molecule has 6 heteroatoms. The Bertz CT molecular complexity index is 874. The molecular weight excluding hydrogens is 314 g/mol. The zero-order valence-electron chi connectivity index (χ0n) is 14.3. The van der Waals surface area contributed by atoms with Crippen LogP contribution in [0.1, 0.15) is 17.3 Å². The summed E-state index contributed by atoms with van der Waals surface area (Å²) in [6.07, 6.45) is 1.53. The van der Waals surface area contributed by atoms with Crippen LogP contribution in [0, 0.1) is 6.92 Å². The molecule has 1 aromatic heterocycles. The van der Waals surface area contributed by atoms with Gasteiger partial charge in [0.15, 0.2) is 0 Å². The summed E-state index contributed by atoms with van der Waals surface area (Å²) >= 11 is 0. The van der Waals surface area contributed by atoms with Crippen LogP contribution in [0.2, 0.25) is 0 Å². The van der Waals surface area contributed by atoms with Gasteiger partial charge in [-0.15, -0.1) is 0 Å². The summed E-state index contributed by atoms with van der Waals surface area (Å²) in [7, 11) is 1.68. The largest absolute Gasteiger partial charge is 0.495 e. The third kappa shape index (κ3) is 2.60. The average molecular weight is 335 g/mol. The van der Waals surface area contributed by atoms with Crippen molar-refractivity contribution in [2.75, 3.05) is 23.6 Å². The van der Waals surface area contributed by atoms with Crippen molar-refractivity contribution in [1.82, 2.24) is 10.2 Å². The summed E-state index contributed by atoms with van der Waals surface area (Å²) in [4.78, 5) is 4.30. The highest BCUT2D eigenvalue weighted by molar-refractivity contribution is 5.72. The first-order valence-corrected chi connectivity index (χ1v) is 8.22. The smallest absolute Gasteiger partial charge is 0.142 e. The molecule has 4 rings (SSSR count).